The van der Waals surface area contributed by atoms with E-state index in [0.29, 0.717) is 0 Å². The third kappa shape index (κ3) is 4.06. The SMILES string of the molecule is CC(C)(O)c1cc(-c2cccc(OS(=O)(=O)c3ccccc3)c2)c2ncccc2c1. The highest BCUT2D eigenvalue weighted by Gasteiger charge is 2.20. The molecule has 0 fully saturated rings. The molecule has 0 saturated carbocycles. The molecule has 1 heterocycles. The maximum absolute atomic E-state index is 12.6. The molecular formula is C24H21NO4S. The van der Waals surface area contributed by atoms with Crippen molar-refractivity contribution in [3.8, 4) is 16.9 Å². The zero-order chi connectivity index (χ0) is 21.4. The Labute approximate surface area is 175 Å². The Bertz CT molecular complexity index is 1310. The predicted molar refractivity (Wildman–Crippen MR) is 117 cm³/mol. The number of fused-ring (bicyclic) bond motifs is 1. The predicted octanol–water partition coefficient (Wildman–Crippen LogP) is 4.90. The molecule has 1 aromatic heterocycles. The quantitative estimate of drug-likeness (QED) is 0.466. The van der Waals surface area contributed by atoms with Gasteiger partial charge in [0.15, 0.2) is 0 Å². The molecule has 0 amide bonds. The molecule has 152 valence electrons. The van der Waals surface area contributed by atoms with Crippen molar-refractivity contribution in [2.75, 3.05) is 0 Å². The van der Waals surface area contributed by atoms with Crippen molar-refractivity contribution in [2.45, 2.75) is 24.3 Å². The van der Waals surface area contributed by atoms with Gasteiger partial charge >= 0.3 is 10.1 Å². The lowest BCUT2D eigenvalue weighted by atomic mass is 9.91. The first-order valence-corrected chi connectivity index (χ1v) is 10.9. The number of hydrogen-bond donors (Lipinski definition) is 1. The lowest BCUT2D eigenvalue weighted by Gasteiger charge is -2.20. The van der Waals surface area contributed by atoms with Crippen LogP contribution in [0.3, 0.4) is 0 Å². The van der Waals surface area contributed by atoms with E-state index in [0.717, 1.165) is 27.6 Å². The van der Waals surface area contributed by atoms with Crippen LogP contribution < -0.4 is 4.18 Å². The second-order valence-electron chi connectivity index (χ2n) is 7.54. The summed E-state index contributed by atoms with van der Waals surface area (Å²) in [6, 6.07) is 22.4. The van der Waals surface area contributed by atoms with Crippen molar-refractivity contribution in [2.24, 2.45) is 0 Å². The van der Waals surface area contributed by atoms with Crippen LogP contribution in [0.2, 0.25) is 0 Å². The molecular weight excluding hydrogens is 398 g/mol. The van der Waals surface area contributed by atoms with Gasteiger partial charge in [-0.2, -0.15) is 8.42 Å². The Balaban J connectivity index is 1.80. The molecule has 0 spiro atoms. The fraction of sp³-hybridized carbons (Fsp3) is 0.125. The molecule has 5 nitrogen and oxygen atoms in total. The molecule has 0 aliphatic carbocycles. The van der Waals surface area contributed by atoms with Crippen LogP contribution in [0.25, 0.3) is 22.0 Å². The molecule has 30 heavy (non-hydrogen) atoms. The highest BCUT2D eigenvalue weighted by atomic mass is 32.2. The van der Waals surface area contributed by atoms with Gasteiger partial charge in [0, 0.05) is 17.1 Å². The maximum Gasteiger partial charge on any atom is 0.339 e. The first-order valence-electron chi connectivity index (χ1n) is 9.46. The van der Waals surface area contributed by atoms with Crippen molar-refractivity contribution in [3.05, 3.63) is 90.6 Å². The summed E-state index contributed by atoms with van der Waals surface area (Å²) in [5, 5.41) is 11.4. The molecule has 0 unspecified atom stereocenters. The van der Waals surface area contributed by atoms with E-state index < -0.39 is 15.7 Å². The third-order valence-electron chi connectivity index (χ3n) is 4.79. The maximum atomic E-state index is 12.6. The van der Waals surface area contributed by atoms with Gasteiger partial charge < -0.3 is 9.29 Å². The van der Waals surface area contributed by atoms with Crippen molar-refractivity contribution >= 4 is 21.0 Å². The Hall–Kier alpha value is -3.22. The highest BCUT2D eigenvalue weighted by molar-refractivity contribution is 7.87. The molecule has 0 radical (unpaired) electrons. The van der Waals surface area contributed by atoms with Crippen LogP contribution in [0.1, 0.15) is 19.4 Å². The molecule has 0 aliphatic heterocycles. The molecule has 0 saturated heterocycles. The minimum Gasteiger partial charge on any atom is -0.386 e. The number of nitrogens with zero attached hydrogens (tertiary/aromatic N) is 1. The Morgan fingerprint density at radius 3 is 2.40 bits per heavy atom. The highest BCUT2D eigenvalue weighted by Crippen LogP contribution is 2.34. The van der Waals surface area contributed by atoms with Gasteiger partial charge in [0.25, 0.3) is 0 Å². The smallest absolute Gasteiger partial charge is 0.339 e. The second kappa shape index (κ2) is 7.55. The number of hydrogen-bond acceptors (Lipinski definition) is 5. The third-order valence-corrected chi connectivity index (χ3v) is 6.06. The summed E-state index contributed by atoms with van der Waals surface area (Å²) in [5.41, 5.74) is 1.98. The standard InChI is InChI=1S/C24H21NO4S/c1-24(2,26)19-14-18-9-7-13-25-23(18)22(16-19)17-8-6-10-20(15-17)29-30(27,28)21-11-4-3-5-12-21/h3-16,26H,1-2H3. The second-order valence-corrected chi connectivity index (χ2v) is 9.08. The summed E-state index contributed by atoms with van der Waals surface area (Å²) >= 11 is 0. The van der Waals surface area contributed by atoms with Gasteiger partial charge in [-0.1, -0.05) is 36.4 Å². The van der Waals surface area contributed by atoms with Gasteiger partial charge in [-0.05, 0) is 67.4 Å². The van der Waals surface area contributed by atoms with Crippen LogP contribution >= 0.6 is 0 Å². The number of aliphatic hydroxyl groups is 1. The van der Waals surface area contributed by atoms with Crippen molar-refractivity contribution < 1.29 is 17.7 Å². The van der Waals surface area contributed by atoms with Crippen molar-refractivity contribution in [1.82, 2.24) is 4.98 Å². The minimum absolute atomic E-state index is 0.0894. The summed E-state index contributed by atoms with van der Waals surface area (Å²) < 4.78 is 30.5. The van der Waals surface area contributed by atoms with Crippen molar-refractivity contribution in [3.63, 3.8) is 0 Å². The van der Waals surface area contributed by atoms with E-state index in [-0.39, 0.29) is 10.6 Å². The van der Waals surface area contributed by atoms with Gasteiger partial charge in [-0.15, -0.1) is 0 Å². The van der Waals surface area contributed by atoms with E-state index in [9.17, 15) is 13.5 Å². The summed E-state index contributed by atoms with van der Waals surface area (Å²) in [4.78, 5) is 4.58. The zero-order valence-corrected chi connectivity index (χ0v) is 17.4. The summed E-state index contributed by atoms with van der Waals surface area (Å²) in [6.07, 6.45) is 1.70. The minimum atomic E-state index is -3.94. The van der Waals surface area contributed by atoms with Crippen LogP contribution in [0.5, 0.6) is 5.75 Å². The number of rotatable bonds is 5. The van der Waals surface area contributed by atoms with E-state index in [1.807, 2.05) is 30.3 Å². The van der Waals surface area contributed by atoms with Gasteiger partial charge in [0.2, 0.25) is 0 Å². The molecule has 4 aromatic rings. The van der Waals surface area contributed by atoms with Gasteiger partial charge in [0.1, 0.15) is 10.6 Å². The topological polar surface area (TPSA) is 76.5 Å². The molecule has 1 N–H and O–H groups in total. The summed E-state index contributed by atoms with van der Waals surface area (Å²) in [5.74, 6) is 0.203. The van der Waals surface area contributed by atoms with E-state index in [1.165, 1.54) is 12.1 Å². The first-order chi connectivity index (χ1) is 14.2. The fourth-order valence-corrected chi connectivity index (χ4v) is 4.19. The van der Waals surface area contributed by atoms with Crippen LogP contribution in [0.15, 0.2) is 90.0 Å². The summed E-state index contributed by atoms with van der Waals surface area (Å²) in [6.45, 7) is 3.45. The molecule has 0 bridgehead atoms. The molecule has 0 aliphatic rings. The lowest BCUT2D eigenvalue weighted by molar-refractivity contribution is 0.0788. The molecule has 6 heteroatoms. The average molecular weight is 420 g/mol. The van der Waals surface area contributed by atoms with E-state index in [1.54, 1.807) is 56.4 Å². The van der Waals surface area contributed by atoms with E-state index in [4.69, 9.17) is 4.18 Å². The van der Waals surface area contributed by atoms with Crippen LogP contribution in [0.4, 0.5) is 0 Å². The van der Waals surface area contributed by atoms with E-state index in [2.05, 4.69) is 4.98 Å². The first kappa shape index (κ1) is 20.1. The van der Waals surface area contributed by atoms with Gasteiger partial charge in [0.05, 0.1) is 11.1 Å². The molecule has 4 rings (SSSR count). The average Bonchev–Trinajstić information content (AvgIpc) is 2.73. The Morgan fingerprint density at radius 2 is 1.67 bits per heavy atom. The fourth-order valence-electron chi connectivity index (χ4n) is 3.24. The van der Waals surface area contributed by atoms with Crippen molar-refractivity contribution in [1.29, 1.82) is 0 Å². The number of pyridine rings is 1. The molecule has 3 aromatic carbocycles. The molecule has 0 atom stereocenters. The zero-order valence-electron chi connectivity index (χ0n) is 16.6. The lowest BCUT2D eigenvalue weighted by Crippen LogP contribution is -2.15. The Morgan fingerprint density at radius 1 is 0.900 bits per heavy atom. The van der Waals surface area contributed by atoms with E-state index >= 15 is 0 Å². The van der Waals surface area contributed by atoms with Crippen LogP contribution in [-0.4, -0.2) is 18.5 Å². The summed E-state index contributed by atoms with van der Waals surface area (Å²) in [7, 11) is -3.94. The van der Waals surface area contributed by atoms with Gasteiger partial charge in [-0.25, -0.2) is 0 Å². The monoisotopic (exact) mass is 419 g/mol. The van der Waals surface area contributed by atoms with Crippen LogP contribution in [0, 0.1) is 0 Å². The largest absolute Gasteiger partial charge is 0.386 e. The Kier molecular flexibility index (Phi) is 5.05. The van der Waals surface area contributed by atoms with Crippen LogP contribution in [-0.2, 0) is 15.7 Å². The number of benzene rings is 3. The van der Waals surface area contributed by atoms with Gasteiger partial charge in [-0.3, -0.25) is 4.98 Å². The normalized spacial score (nSPS) is 12.1. The number of aromatic nitrogens is 1.